The van der Waals surface area contributed by atoms with Gasteiger partial charge >= 0.3 is 0 Å². The van der Waals surface area contributed by atoms with Crippen LogP contribution in [0.15, 0.2) is 24.4 Å². The molecule has 0 aromatic carbocycles. The second-order valence-electron chi connectivity index (χ2n) is 3.56. The van der Waals surface area contributed by atoms with Crippen molar-refractivity contribution in [3.05, 3.63) is 24.4 Å². The molecule has 1 aliphatic heterocycles. The van der Waals surface area contributed by atoms with E-state index in [9.17, 15) is 0 Å². The average molecular weight is 192 g/mol. The normalized spacial score (nSPS) is 17.4. The number of aromatic nitrogens is 2. The molecule has 1 aliphatic rings. The van der Waals surface area contributed by atoms with Crippen molar-refractivity contribution < 1.29 is 0 Å². The summed E-state index contributed by atoms with van der Waals surface area (Å²) in [6.45, 7) is 4.19. The highest BCUT2D eigenvalue weighted by Crippen LogP contribution is 2.02. The number of rotatable bonds is 3. The van der Waals surface area contributed by atoms with E-state index in [2.05, 4.69) is 22.2 Å². The van der Waals surface area contributed by atoms with Gasteiger partial charge in [0, 0.05) is 25.8 Å². The predicted octanol–water partition coefficient (Wildman–Crippen LogP) is 0.727. The maximum absolute atomic E-state index is 5.53. The largest absolute Gasteiger partial charge is 0.382 e. The minimum Gasteiger partial charge on any atom is -0.382 e. The Morgan fingerprint density at radius 1 is 1.36 bits per heavy atom. The fourth-order valence-electron chi connectivity index (χ4n) is 1.64. The Bertz CT molecular complexity index is 316. The van der Waals surface area contributed by atoms with Crippen molar-refractivity contribution in [3.63, 3.8) is 0 Å². The van der Waals surface area contributed by atoms with Gasteiger partial charge in [-0.1, -0.05) is 12.2 Å². The lowest BCUT2D eigenvalue weighted by Gasteiger charge is -2.22. The third-order valence-electron chi connectivity index (χ3n) is 2.45. The third-order valence-corrected chi connectivity index (χ3v) is 2.45. The molecule has 0 aliphatic carbocycles. The molecule has 0 spiro atoms. The summed E-state index contributed by atoms with van der Waals surface area (Å²) in [5, 5.41) is 4.14. The molecule has 0 fully saturated rings. The SMILES string of the molecule is Nc1ccn(CCN2CC=CCC2)n1. The molecule has 1 aromatic heterocycles. The van der Waals surface area contributed by atoms with Gasteiger partial charge in [-0.05, 0) is 12.5 Å². The second kappa shape index (κ2) is 4.28. The van der Waals surface area contributed by atoms with E-state index < -0.39 is 0 Å². The van der Waals surface area contributed by atoms with Crippen LogP contribution in [0.25, 0.3) is 0 Å². The van der Waals surface area contributed by atoms with Crippen LogP contribution in [0.2, 0.25) is 0 Å². The summed E-state index contributed by atoms with van der Waals surface area (Å²) in [6.07, 6.45) is 7.56. The maximum Gasteiger partial charge on any atom is 0.145 e. The summed E-state index contributed by atoms with van der Waals surface area (Å²) < 4.78 is 1.90. The topological polar surface area (TPSA) is 47.1 Å². The van der Waals surface area contributed by atoms with Gasteiger partial charge in [-0.3, -0.25) is 9.58 Å². The Balaban J connectivity index is 1.79. The summed E-state index contributed by atoms with van der Waals surface area (Å²) in [6, 6.07) is 1.83. The molecule has 0 radical (unpaired) electrons. The zero-order valence-electron chi connectivity index (χ0n) is 8.26. The van der Waals surface area contributed by atoms with Crippen LogP contribution in [0.5, 0.6) is 0 Å². The molecule has 4 nitrogen and oxygen atoms in total. The third kappa shape index (κ3) is 2.35. The fraction of sp³-hybridized carbons (Fsp3) is 0.500. The Morgan fingerprint density at radius 3 is 2.93 bits per heavy atom. The molecule has 0 saturated carbocycles. The zero-order valence-corrected chi connectivity index (χ0v) is 8.26. The molecule has 0 saturated heterocycles. The van der Waals surface area contributed by atoms with E-state index in [0.29, 0.717) is 5.82 Å². The molecule has 0 atom stereocenters. The van der Waals surface area contributed by atoms with Gasteiger partial charge in [-0.2, -0.15) is 5.10 Å². The monoisotopic (exact) mass is 192 g/mol. The second-order valence-corrected chi connectivity index (χ2v) is 3.56. The molecule has 0 amide bonds. The summed E-state index contributed by atoms with van der Waals surface area (Å²) in [5.41, 5.74) is 5.53. The van der Waals surface area contributed by atoms with Crippen molar-refractivity contribution in [2.45, 2.75) is 13.0 Å². The average Bonchev–Trinajstić information content (AvgIpc) is 2.63. The van der Waals surface area contributed by atoms with E-state index in [1.807, 2.05) is 16.9 Å². The van der Waals surface area contributed by atoms with Gasteiger partial charge in [0.15, 0.2) is 0 Å². The molecule has 1 aromatic rings. The highest BCUT2D eigenvalue weighted by Gasteiger charge is 2.05. The maximum atomic E-state index is 5.53. The van der Waals surface area contributed by atoms with Crippen molar-refractivity contribution in [2.75, 3.05) is 25.4 Å². The molecular weight excluding hydrogens is 176 g/mol. The van der Waals surface area contributed by atoms with Gasteiger partial charge in [0.25, 0.3) is 0 Å². The lowest BCUT2D eigenvalue weighted by molar-refractivity contribution is 0.281. The van der Waals surface area contributed by atoms with Crippen LogP contribution in [-0.4, -0.2) is 34.3 Å². The van der Waals surface area contributed by atoms with Crippen LogP contribution < -0.4 is 5.73 Å². The van der Waals surface area contributed by atoms with Crippen LogP contribution in [0.3, 0.4) is 0 Å². The Kier molecular flexibility index (Phi) is 2.84. The summed E-state index contributed by atoms with van der Waals surface area (Å²) in [7, 11) is 0. The Hall–Kier alpha value is -1.29. The molecule has 14 heavy (non-hydrogen) atoms. The Morgan fingerprint density at radius 2 is 2.29 bits per heavy atom. The van der Waals surface area contributed by atoms with Crippen molar-refractivity contribution in [1.29, 1.82) is 0 Å². The predicted molar refractivity (Wildman–Crippen MR) is 56.8 cm³/mol. The molecule has 76 valence electrons. The summed E-state index contributed by atoms with van der Waals surface area (Å²) in [5.74, 6) is 0.600. The highest BCUT2D eigenvalue weighted by molar-refractivity contribution is 5.23. The first kappa shape index (κ1) is 9.27. The van der Waals surface area contributed by atoms with Crippen molar-refractivity contribution >= 4 is 5.82 Å². The zero-order chi connectivity index (χ0) is 9.80. The first-order valence-electron chi connectivity index (χ1n) is 5.01. The van der Waals surface area contributed by atoms with Crippen LogP contribution in [-0.2, 0) is 6.54 Å². The minimum atomic E-state index is 0.600. The number of anilines is 1. The van der Waals surface area contributed by atoms with Crippen LogP contribution in [0.4, 0.5) is 5.82 Å². The van der Waals surface area contributed by atoms with E-state index in [4.69, 9.17) is 5.73 Å². The highest BCUT2D eigenvalue weighted by atomic mass is 15.3. The minimum absolute atomic E-state index is 0.600. The number of hydrogen-bond acceptors (Lipinski definition) is 3. The van der Waals surface area contributed by atoms with Crippen LogP contribution >= 0.6 is 0 Å². The van der Waals surface area contributed by atoms with Gasteiger partial charge < -0.3 is 5.73 Å². The molecule has 2 heterocycles. The van der Waals surface area contributed by atoms with Gasteiger partial charge in [0.05, 0.1) is 6.54 Å². The molecular formula is C10H16N4. The van der Waals surface area contributed by atoms with E-state index in [0.717, 1.165) is 26.2 Å². The number of nitrogens with zero attached hydrogens (tertiary/aromatic N) is 3. The van der Waals surface area contributed by atoms with Gasteiger partial charge in [-0.25, -0.2) is 0 Å². The molecule has 2 rings (SSSR count). The lowest BCUT2D eigenvalue weighted by Crippen LogP contribution is -2.30. The van der Waals surface area contributed by atoms with Crippen LogP contribution in [0.1, 0.15) is 6.42 Å². The Labute approximate surface area is 84.0 Å². The molecule has 0 bridgehead atoms. The van der Waals surface area contributed by atoms with E-state index in [1.54, 1.807) is 0 Å². The number of nitrogens with two attached hydrogens (primary N) is 1. The van der Waals surface area contributed by atoms with E-state index >= 15 is 0 Å². The first-order chi connectivity index (χ1) is 6.84. The quantitative estimate of drug-likeness (QED) is 0.718. The summed E-state index contributed by atoms with van der Waals surface area (Å²) in [4.78, 5) is 2.41. The van der Waals surface area contributed by atoms with Gasteiger partial charge in [0.1, 0.15) is 5.82 Å². The summed E-state index contributed by atoms with van der Waals surface area (Å²) >= 11 is 0. The standard InChI is InChI=1S/C10H16N4/c11-10-4-7-14(12-10)9-8-13-5-2-1-3-6-13/h1-2,4,7H,3,5-6,8-9H2,(H2,11,12). The van der Waals surface area contributed by atoms with Crippen LogP contribution in [0, 0.1) is 0 Å². The first-order valence-corrected chi connectivity index (χ1v) is 5.01. The smallest absolute Gasteiger partial charge is 0.145 e. The lowest BCUT2D eigenvalue weighted by atomic mass is 10.2. The van der Waals surface area contributed by atoms with Crippen molar-refractivity contribution in [3.8, 4) is 0 Å². The fourth-order valence-corrected chi connectivity index (χ4v) is 1.64. The van der Waals surface area contributed by atoms with Gasteiger partial charge in [0.2, 0.25) is 0 Å². The number of hydrogen-bond donors (Lipinski definition) is 1. The molecule has 0 unspecified atom stereocenters. The molecule has 2 N–H and O–H groups in total. The molecule has 4 heteroatoms. The number of nitrogen functional groups attached to an aromatic ring is 1. The van der Waals surface area contributed by atoms with Crippen molar-refractivity contribution in [1.82, 2.24) is 14.7 Å². The van der Waals surface area contributed by atoms with Gasteiger partial charge in [-0.15, -0.1) is 0 Å². The van der Waals surface area contributed by atoms with E-state index in [-0.39, 0.29) is 0 Å². The van der Waals surface area contributed by atoms with E-state index in [1.165, 1.54) is 6.42 Å². The van der Waals surface area contributed by atoms with Crippen molar-refractivity contribution in [2.24, 2.45) is 0 Å².